The average Bonchev–Trinajstić information content (AvgIpc) is 4.03. The molecular formula is C47H41BrN6O6S3. The van der Waals surface area contributed by atoms with Gasteiger partial charge in [-0.1, -0.05) is 131 Å². The molecule has 5 N–H and O–H groups in total. The van der Waals surface area contributed by atoms with Gasteiger partial charge >= 0.3 is 0 Å². The molecular weight excluding hydrogens is 921 g/mol. The number of thiocarbonyl (C=S) groups is 1. The summed E-state index contributed by atoms with van der Waals surface area (Å²) < 4.78 is 0. The number of ketones is 1. The molecule has 0 radical (unpaired) electrons. The van der Waals surface area contributed by atoms with Crippen LogP contribution in [-0.4, -0.2) is 47.6 Å². The molecule has 2 heterocycles. The maximum absolute atomic E-state index is 11.1. The first kappa shape index (κ1) is 48.8. The van der Waals surface area contributed by atoms with E-state index < -0.39 is 9.85 Å². The Morgan fingerprint density at radius 1 is 0.619 bits per heavy atom. The van der Waals surface area contributed by atoms with Crippen LogP contribution in [0.15, 0.2) is 175 Å². The Balaban J connectivity index is 0.000000187. The minimum Gasteiger partial charge on any atom is -0.399 e. The number of nitro groups is 2. The number of aromatic nitrogens is 2. The number of hydrogen-bond acceptors (Lipinski definition) is 12. The highest BCUT2D eigenvalue weighted by Crippen LogP contribution is 2.30. The number of alkyl halides is 1. The number of nitro benzene ring substituents is 2. The summed E-state index contributed by atoms with van der Waals surface area (Å²) in [5.74, 6) is -0.0881. The summed E-state index contributed by atoms with van der Waals surface area (Å²) in [4.78, 5) is 40.8. The number of aliphatic hydroxyl groups excluding tert-OH is 1. The van der Waals surface area contributed by atoms with Crippen LogP contribution in [0, 0.1) is 20.2 Å². The predicted molar refractivity (Wildman–Crippen MR) is 263 cm³/mol. The lowest BCUT2D eigenvalue weighted by atomic mass is 10.1. The maximum atomic E-state index is 11.1. The molecule has 0 aliphatic heterocycles. The van der Waals surface area contributed by atoms with Gasteiger partial charge in [-0.05, 0) is 43.3 Å². The zero-order valence-corrected chi connectivity index (χ0v) is 37.7. The second-order valence-electron chi connectivity index (χ2n) is 12.6. The van der Waals surface area contributed by atoms with Crippen LogP contribution in [0.4, 0.5) is 17.1 Å². The first-order valence-corrected chi connectivity index (χ1v) is 22.1. The fourth-order valence-electron chi connectivity index (χ4n) is 5.10. The first-order chi connectivity index (χ1) is 30.4. The topological polar surface area (TPSA) is 201 Å². The van der Waals surface area contributed by atoms with Gasteiger partial charge < -0.3 is 16.6 Å². The van der Waals surface area contributed by atoms with E-state index in [-0.39, 0.29) is 29.1 Å². The van der Waals surface area contributed by atoms with Crippen LogP contribution in [0.5, 0.6) is 0 Å². The van der Waals surface area contributed by atoms with E-state index in [1.807, 2.05) is 109 Å². The van der Waals surface area contributed by atoms with Crippen molar-refractivity contribution in [3.63, 3.8) is 0 Å². The van der Waals surface area contributed by atoms with E-state index in [9.17, 15) is 25.0 Å². The van der Waals surface area contributed by atoms with Gasteiger partial charge in [0.05, 0.1) is 26.6 Å². The molecule has 320 valence electrons. The number of nitrogen functional groups attached to an aromatic ring is 1. The molecule has 0 amide bonds. The van der Waals surface area contributed by atoms with Crippen LogP contribution in [-0.2, 0) is 0 Å². The Bertz CT molecular complexity index is 2650. The molecule has 0 aliphatic rings. The van der Waals surface area contributed by atoms with Crippen LogP contribution < -0.4 is 11.5 Å². The second-order valence-corrected chi connectivity index (χ2v) is 15.4. The normalized spacial score (nSPS) is 9.83. The number of rotatable bonds is 9. The van der Waals surface area contributed by atoms with Crippen molar-refractivity contribution in [3.05, 3.63) is 206 Å². The molecule has 8 aromatic rings. The van der Waals surface area contributed by atoms with Gasteiger partial charge in [-0.2, -0.15) is 0 Å². The number of carbonyl (C=O) groups is 1. The van der Waals surface area contributed by atoms with E-state index >= 15 is 0 Å². The van der Waals surface area contributed by atoms with Crippen LogP contribution in [0.25, 0.3) is 43.7 Å². The van der Waals surface area contributed by atoms with E-state index in [0.717, 1.165) is 54.9 Å². The second kappa shape index (κ2) is 25.8. The fraction of sp³-hybridized carbons (Fsp3) is 0.0638. The summed E-state index contributed by atoms with van der Waals surface area (Å²) in [5.41, 5.74) is 19.3. The molecule has 0 bridgehead atoms. The van der Waals surface area contributed by atoms with Crippen molar-refractivity contribution in [2.24, 2.45) is 5.73 Å². The van der Waals surface area contributed by atoms with E-state index in [1.54, 1.807) is 41.7 Å². The van der Waals surface area contributed by atoms with E-state index in [4.69, 9.17) is 28.8 Å². The number of carbonyl (C=O) groups excluding carboxylic acids is 1. The zero-order valence-electron chi connectivity index (χ0n) is 33.7. The first-order valence-electron chi connectivity index (χ1n) is 18.9. The lowest BCUT2D eigenvalue weighted by molar-refractivity contribution is -0.385. The highest BCUT2D eigenvalue weighted by atomic mass is 79.9. The number of Topliss-reactive ketones (excluding diaryl/α,β-unsaturated/α-hetero) is 1. The molecule has 8 rings (SSSR count). The third-order valence-corrected chi connectivity index (χ3v) is 10.7. The number of nitrogens with two attached hydrogens (primary N) is 2. The lowest BCUT2D eigenvalue weighted by Gasteiger charge is -1.97. The third-order valence-electron chi connectivity index (χ3n) is 8.21. The molecule has 0 fully saturated rings. The molecule has 63 heavy (non-hydrogen) atoms. The molecule has 12 nitrogen and oxygen atoms in total. The van der Waals surface area contributed by atoms with Crippen molar-refractivity contribution in [2.75, 3.05) is 17.7 Å². The third kappa shape index (κ3) is 15.9. The Morgan fingerprint density at radius 2 is 0.984 bits per heavy atom. The molecule has 0 spiro atoms. The Hall–Kier alpha value is -6.82. The van der Waals surface area contributed by atoms with Gasteiger partial charge in [-0.15, -0.1) is 22.7 Å². The molecule has 0 unspecified atom stereocenters. The summed E-state index contributed by atoms with van der Waals surface area (Å²) in [6.45, 7) is 1.93. The van der Waals surface area contributed by atoms with Crippen molar-refractivity contribution in [3.8, 4) is 43.7 Å². The average molecular weight is 962 g/mol. The highest BCUT2D eigenvalue weighted by molar-refractivity contribution is 9.09. The number of non-ortho nitro benzene ring substituents is 2. The minimum atomic E-state index is -0.498. The summed E-state index contributed by atoms with van der Waals surface area (Å²) in [5, 5.41) is 34.7. The van der Waals surface area contributed by atoms with E-state index in [0.29, 0.717) is 10.6 Å². The summed E-state index contributed by atoms with van der Waals surface area (Å²) in [6, 6.07) is 49.5. The molecule has 2 aromatic heterocycles. The van der Waals surface area contributed by atoms with Crippen LogP contribution in [0.2, 0.25) is 0 Å². The van der Waals surface area contributed by atoms with Gasteiger partial charge in [-0.3, -0.25) is 25.0 Å². The summed E-state index contributed by atoms with van der Waals surface area (Å²) in [6.07, 6.45) is 0. The van der Waals surface area contributed by atoms with Gasteiger partial charge in [0.2, 0.25) is 0 Å². The van der Waals surface area contributed by atoms with Crippen molar-refractivity contribution in [1.29, 1.82) is 0 Å². The number of anilines is 1. The molecule has 6 aromatic carbocycles. The highest BCUT2D eigenvalue weighted by Gasteiger charge is 2.10. The van der Waals surface area contributed by atoms with Gasteiger partial charge in [0, 0.05) is 80.7 Å². The minimum absolute atomic E-state index is 0.00822. The van der Waals surface area contributed by atoms with Crippen LogP contribution in [0.1, 0.15) is 22.8 Å². The Morgan fingerprint density at radius 3 is 1.33 bits per heavy atom. The largest absolute Gasteiger partial charge is 0.399 e. The Kier molecular flexibility index (Phi) is 20.0. The maximum Gasteiger partial charge on any atom is 0.269 e. The monoisotopic (exact) mass is 960 g/mol. The van der Waals surface area contributed by atoms with Gasteiger partial charge in [0.15, 0.2) is 5.78 Å². The number of thiazole rings is 2. The number of nitrogens with zero attached hydrogens (tertiary/aromatic N) is 4. The van der Waals surface area contributed by atoms with Crippen molar-refractivity contribution in [1.82, 2.24) is 9.97 Å². The quantitative estimate of drug-likeness (QED) is 0.0310. The number of benzene rings is 6. The van der Waals surface area contributed by atoms with Gasteiger partial charge in [0.1, 0.15) is 15.0 Å². The molecule has 0 atom stereocenters. The smallest absolute Gasteiger partial charge is 0.269 e. The van der Waals surface area contributed by atoms with E-state index in [2.05, 4.69) is 43.4 Å². The van der Waals surface area contributed by atoms with E-state index in [1.165, 1.54) is 36.4 Å². The van der Waals surface area contributed by atoms with Gasteiger partial charge in [0.25, 0.3) is 11.4 Å². The number of aliphatic hydroxyl groups is 1. The van der Waals surface area contributed by atoms with Crippen LogP contribution >= 0.6 is 50.8 Å². The molecule has 16 heteroatoms. The molecule has 0 aliphatic carbocycles. The number of halogens is 1. The van der Waals surface area contributed by atoms with Crippen molar-refractivity contribution >= 4 is 78.7 Å². The summed E-state index contributed by atoms with van der Waals surface area (Å²) in [7, 11) is 0. The fourth-order valence-corrected chi connectivity index (χ4v) is 7.23. The molecule has 0 saturated carbocycles. The van der Waals surface area contributed by atoms with Crippen molar-refractivity contribution in [2.45, 2.75) is 6.92 Å². The Labute approximate surface area is 386 Å². The predicted octanol–water partition coefficient (Wildman–Crippen LogP) is 11.9. The van der Waals surface area contributed by atoms with Gasteiger partial charge in [-0.25, -0.2) is 9.97 Å². The molecule has 0 saturated heterocycles. The summed E-state index contributed by atoms with van der Waals surface area (Å²) >= 11 is 11.0. The number of hydrogen-bond donors (Lipinski definition) is 3. The standard InChI is InChI=1S/C15H10N2O2S.C15H12N2S.C8H6BrNO3.C7H7NS.C2H6O/c18-17(19)13-8-6-11(7-9-13)14-10-20-15(16-14)12-4-2-1-3-5-12;16-13-8-6-11(7-9-13)14-10-18-15(17-14)12-4-2-1-3-5-12;9-5-8(11)6-1-3-7(4-2-6)10(12)13;8-7(9)6-4-2-1-3-5-6;1-2-3/h1-10H;1-10H,16H2;1-4H,5H2;1-5H,(H2,8,9);3H,2H2,1H3. The SMILES string of the molecule is CCO.NC(=S)c1ccccc1.Nc1ccc(-c2csc(-c3ccccc3)n2)cc1.O=C(CBr)c1ccc([N+](=O)[O-])cc1.O=[N+]([O-])c1ccc(-c2csc(-c3ccccc3)n2)cc1. The van der Waals surface area contributed by atoms with Crippen LogP contribution in [0.3, 0.4) is 0 Å². The van der Waals surface area contributed by atoms with Crippen molar-refractivity contribution < 1.29 is 19.7 Å². The lowest BCUT2D eigenvalue weighted by Crippen LogP contribution is -2.08. The zero-order chi connectivity index (χ0) is 45.6.